The molecule has 0 aliphatic heterocycles. The van der Waals surface area contributed by atoms with Gasteiger partial charge in [-0.25, -0.2) is 4.98 Å². The summed E-state index contributed by atoms with van der Waals surface area (Å²) >= 11 is 4.79. The fourth-order valence-corrected chi connectivity index (χ4v) is 2.57. The van der Waals surface area contributed by atoms with Crippen molar-refractivity contribution in [2.24, 2.45) is 11.7 Å². The van der Waals surface area contributed by atoms with Crippen molar-refractivity contribution in [2.45, 2.75) is 24.1 Å². The molecule has 0 saturated carbocycles. The third-order valence-corrected chi connectivity index (χ3v) is 4.33. The number of hydrogen-bond acceptors (Lipinski definition) is 3. The zero-order valence-electron chi connectivity index (χ0n) is 8.61. The molecule has 0 aromatic carbocycles. The SMILES string of the molecule is CC(C)C(Sc1ncccc1Br)C(N)=O. The van der Waals surface area contributed by atoms with E-state index in [0.717, 1.165) is 9.50 Å². The number of aromatic nitrogens is 1. The molecule has 0 bridgehead atoms. The zero-order valence-corrected chi connectivity index (χ0v) is 11.0. The highest BCUT2D eigenvalue weighted by atomic mass is 79.9. The Kier molecular flexibility index (Phi) is 4.60. The number of pyridine rings is 1. The van der Waals surface area contributed by atoms with Crippen molar-refractivity contribution in [2.75, 3.05) is 0 Å². The Morgan fingerprint density at radius 1 is 1.60 bits per heavy atom. The van der Waals surface area contributed by atoms with Crippen LogP contribution in [0.25, 0.3) is 0 Å². The highest BCUT2D eigenvalue weighted by molar-refractivity contribution is 9.10. The van der Waals surface area contributed by atoms with E-state index >= 15 is 0 Å². The molecule has 1 atom stereocenters. The molecule has 1 rings (SSSR count). The number of nitrogens with zero attached hydrogens (tertiary/aromatic N) is 1. The maximum Gasteiger partial charge on any atom is 0.231 e. The molecule has 1 unspecified atom stereocenters. The summed E-state index contributed by atoms with van der Waals surface area (Å²) in [4.78, 5) is 15.4. The van der Waals surface area contributed by atoms with Crippen molar-refractivity contribution < 1.29 is 4.79 Å². The molecule has 5 heteroatoms. The second-order valence-electron chi connectivity index (χ2n) is 3.48. The molecule has 3 nitrogen and oxygen atoms in total. The van der Waals surface area contributed by atoms with Crippen molar-refractivity contribution >= 4 is 33.6 Å². The van der Waals surface area contributed by atoms with E-state index in [-0.39, 0.29) is 17.1 Å². The summed E-state index contributed by atoms with van der Waals surface area (Å²) in [6.07, 6.45) is 1.70. The van der Waals surface area contributed by atoms with Gasteiger partial charge in [0, 0.05) is 10.7 Å². The van der Waals surface area contributed by atoms with Crippen LogP contribution in [0.1, 0.15) is 13.8 Å². The summed E-state index contributed by atoms with van der Waals surface area (Å²) < 4.78 is 0.891. The molecule has 15 heavy (non-hydrogen) atoms. The first-order chi connectivity index (χ1) is 7.02. The van der Waals surface area contributed by atoms with Crippen molar-refractivity contribution in [1.29, 1.82) is 0 Å². The van der Waals surface area contributed by atoms with Crippen LogP contribution in [-0.4, -0.2) is 16.1 Å². The molecule has 0 saturated heterocycles. The van der Waals surface area contributed by atoms with Crippen molar-refractivity contribution in [1.82, 2.24) is 4.98 Å². The molecule has 0 fully saturated rings. The molecule has 1 aromatic heterocycles. The van der Waals surface area contributed by atoms with Gasteiger partial charge in [-0.3, -0.25) is 4.79 Å². The summed E-state index contributed by atoms with van der Waals surface area (Å²) in [6.45, 7) is 3.94. The molecule has 0 aliphatic carbocycles. The first kappa shape index (κ1) is 12.5. The Morgan fingerprint density at radius 2 is 2.27 bits per heavy atom. The van der Waals surface area contributed by atoms with E-state index in [9.17, 15) is 4.79 Å². The van der Waals surface area contributed by atoms with Crippen LogP contribution in [0.4, 0.5) is 0 Å². The lowest BCUT2D eigenvalue weighted by Crippen LogP contribution is -2.30. The maximum absolute atomic E-state index is 11.2. The molecule has 1 aromatic rings. The quantitative estimate of drug-likeness (QED) is 0.866. The van der Waals surface area contributed by atoms with Crippen LogP contribution in [-0.2, 0) is 4.79 Å². The van der Waals surface area contributed by atoms with Crippen molar-refractivity contribution in [3.8, 4) is 0 Å². The van der Waals surface area contributed by atoms with Gasteiger partial charge in [-0.05, 0) is 34.0 Å². The number of thioether (sulfide) groups is 1. The first-order valence-electron chi connectivity index (χ1n) is 4.59. The van der Waals surface area contributed by atoms with Gasteiger partial charge in [0.2, 0.25) is 5.91 Å². The zero-order chi connectivity index (χ0) is 11.4. The highest BCUT2D eigenvalue weighted by Gasteiger charge is 2.22. The minimum atomic E-state index is -0.299. The minimum Gasteiger partial charge on any atom is -0.369 e. The number of halogens is 1. The van der Waals surface area contributed by atoms with Crippen LogP contribution in [0.3, 0.4) is 0 Å². The predicted molar refractivity (Wildman–Crippen MR) is 65.6 cm³/mol. The Bertz CT molecular complexity index is 357. The topological polar surface area (TPSA) is 56.0 Å². The number of rotatable bonds is 4. The van der Waals surface area contributed by atoms with E-state index in [4.69, 9.17) is 5.73 Å². The second kappa shape index (κ2) is 5.51. The largest absolute Gasteiger partial charge is 0.369 e. The lowest BCUT2D eigenvalue weighted by Gasteiger charge is -2.16. The van der Waals surface area contributed by atoms with Gasteiger partial charge < -0.3 is 5.73 Å². The van der Waals surface area contributed by atoms with Gasteiger partial charge in [0.25, 0.3) is 0 Å². The van der Waals surface area contributed by atoms with E-state index in [2.05, 4.69) is 20.9 Å². The lowest BCUT2D eigenvalue weighted by molar-refractivity contribution is -0.118. The highest BCUT2D eigenvalue weighted by Crippen LogP contribution is 2.31. The molecule has 2 N–H and O–H groups in total. The van der Waals surface area contributed by atoms with E-state index in [1.54, 1.807) is 6.20 Å². The average molecular weight is 289 g/mol. The van der Waals surface area contributed by atoms with E-state index < -0.39 is 0 Å². The third-order valence-electron chi connectivity index (χ3n) is 1.85. The molecular formula is C10H13BrN2OS. The van der Waals surface area contributed by atoms with Gasteiger partial charge >= 0.3 is 0 Å². The van der Waals surface area contributed by atoms with Gasteiger partial charge in [0.15, 0.2) is 0 Å². The smallest absolute Gasteiger partial charge is 0.231 e. The molecule has 1 amide bonds. The third kappa shape index (κ3) is 3.50. The summed E-state index contributed by atoms with van der Waals surface area (Å²) in [5.41, 5.74) is 5.33. The minimum absolute atomic E-state index is 0.196. The van der Waals surface area contributed by atoms with Crippen LogP contribution in [0.15, 0.2) is 27.8 Å². The summed E-state index contributed by atoms with van der Waals surface area (Å²) in [6, 6.07) is 3.73. The predicted octanol–water partition coefficient (Wildman–Crippen LogP) is 2.45. The Hall–Kier alpha value is -0.550. The van der Waals surface area contributed by atoms with Crippen LogP contribution in [0, 0.1) is 5.92 Å². The maximum atomic E-state index is 11.2. The molecule has 0 spiro atoms. The summed E-state index contributed by atoms with van der Waals surface area (Å²) in [5.74, 6) is -0.103. The van der Waals surface area contributed by atoms with Crippen molar-refractivity contribution in [3.63, 3.8) is 0 Å². The van der Waals surface area contributed by atoms with Gasteiger partial charge in [0.05, 0.1) is 5.25 Å². The molecule has 82 valence electrons. The Balaban J connectivity index is 2.84. The summed E-state index contributed by atoms with van der Waals surface area (Å²) in [5, 5.41) is 0.561. The number of primary amides is 1. The first-order valence-corrected chi connectivity index (χ1v) is 6.26. The Morgan fingerprint density at radius 3 is 2.73 bits per heavy atom. The fraction of sp³-hybridized carbons (Fsp3) is 0.400. The molecule has 0 aliphatic rings. The van der Waals surface area contributed by atoms with E-state index in [1.165, 1.54) is 11.8 Å². The van der Waals surface area contributed by atoms with Crippen LogP contribution < -0.4 is 5.73 Å². The fourth-order valence-electron chi connectivity index (χ4n) is 1.10. The van der Waals surface area contributed by atoms with Crippen molar-refractivity contribution in [3.05, 3.63) is 22.8 Å². The van der Waals surface area contributed by atoms with Gasteiger partial charge in [0.1, 0.15) is 5.03 Å². The van der Waals surface area contributed by atoms with Crippen LogP contribution in [0.5, 0.6) is 0 Å². The molecule has 1 heterocycles. The Labute approximate surface area is 102 Å². The van der Waals surface area contributed by atoms with E-state index in [1.807, 2.05) is 26.0 Å². The number of nitrogens with two attached hydrogens (primary N) is 1. The van der Waals surface area contributed by atoms with Crippen LogP contribution >= 0.6 is 27.7 Å². The second-order valence-corrected chi connectivity index (χ2v) is 5.46. The number of amides is 1. The average Bonchev–Trinajstić information content (AvgIpc) is 2.15. The normalized spacial score (nSPS) is 12.8. The standard InChI is InChI=1S/C10H13BrN2OS/c1-6(2)8(9(12)14)15-10-7(11)4-3-5-13-10/h3-6,8H,1-2H3,(H2,12,14). The van der Waals surface area contributed by atoms with Gasteiger partial charge in [-0.1, -0.05) is 25.6 Å². The monoisotopic (exact) mass is 288 g/mol. The number of hydrogen-bond donors (Lipinski definition) is 1. The lowest BCUT2D eigenvalue weighted by atomic mass is 10.1. The van der Waals surface area contributed by atoms with Gasteiger partial charge in [-0.2, -0.15) is 0 Å². The molecule has 0 radical (unpaired) electrons. The number of carbonyl (C=O) groups is 1. The van der Waals surface area contributed by atoms with Gasteiger partial charge in [-0.15, -0.1) is 0 Å². The number of carbonyl (C=O) groups excluding carboxylic acids is 1. The van der Waals surface area contributed by atoms with Crippen LogP contribution in [0.2, 0.25) is 0 Å². The molecular weight excluding hydrogens is 276 g/mol. The summed E-state index contributed by atoms with van der Waals surface area (Å²) in [7, 11) is 0. The van der Waals surface area contributed by atoms with E-state index in [0.29, 0.717) is 0 Å².